The molecule has 2 aliphatic rings. The van der Waals surface area contributed by atoms with Crippen LogP contribution in [0.25, 0.3) is 0 Å². The minimum atomic E-state index is -0.122. The van der Waals surface area contributed by atoms with Gasteiger partial charge < -0.3 is 5.73 Å². The summed E-state index contributed by atoms with van der Waals surface area (Å²) in [5.74, 6) is -0.0289. The molecule has 3 heteroatoms. The fourth-order valence-electron chi connectivity index (χ4n) is 3.60. The molecule has 0 bridgehead atoms. The van der Waals surface area contributed by atoms with Gasteiger partial charge in [-0.3, -0.25) is 9.69 Å². The molecule has 3 nitrogen and oxygen atoms in total. The summed E-state index contributed by atoms with van der Waals surface area (Å²) in [6, 6.07) is 9.38. The third-order valence-electron chi connectivity index (χ3n) is 4.71. The normalized spacial score (nSPS) is 24.9. The Bertz CT molecular complexity index is 464. The van der Waals surface area contributed by atoms with Crippen LogP contribution in [0.2, 0.25) is 0 Å². The van der Waals surface area contributed by atoms with Crippen molar-refractivity contribution in [3.8, 4) is 0 Å². The first-order chi connectivity index (χ1) is 9.25. The number of carbonyl (C=O) groups excluding carboxylic acids is 1. The van der Waals surface area contributed by atoms with E-state index in [1.54, 1.807) is 0 Å². The van der Waals surface area contributed by atoms with Crippen LogP contribution in [0, 0.1) is 5.92 Å². The molecular formula is C16H22N2O. The van der Waals surface area contributed by atoms with Crippen LogP contribution in [0.1, 0.15) is 42.9 Å². The van der Waals surface area contributed by atoms with Crippen LogP contribution in [0.5, 0.6) is 0 Å². The number of aryl methyl sites for hydroxylation is 1. The highest BCUT2D eigenvalue weighted by Gasteiger charge is 2.30. The van der Waals surface area contributed by atoms with Gasteiger partial charge in [0.1, 0.15) is 0 Å². The molecule has 1 unspecified atom stereocenters. The summed E-state index contributed by atoms with van der Waals surface area (Å²) in [6.45, 7) is 2.01. The maximum Gasteiger partial charge on any atom is 0.220 e. The predicted molar refractivity (Wildman–Crippen MR) is 75.6 cm³/mol. The molecule has 1 aromatic carbocycles. The second-order valence-corrected chi connectivity index (χ2v) is 5.82. The number of rotatable bonds is 2. The first kappa shape index (κ1) is 12.7. The van der Waals surface area contributed by atoms with E-state index in [1.165, 1.54) is 30.4 Å². The van der Waals surface area contributed by atoms with Gasteiger partial charge in [0, 0.05) is 12.0 Å². The van der Waals surface area contributed by atoms with Gasteiger partial charge in [-0.1, -0.05) is 24.3 Å². The number of hydrogen-bond acceptors (Lipinski definition) is 2. The lowest BCUT2D eigenvalue weighted by Gasteiger charge is -2.39. The Morgan fingerprint density at radius 3 is 2.63 bits per heavy atom. The lowest BCUT2D eigenvalue weighted by Crippen LogP contribution is -2.41. The molecule has 0 spiro atoms. The van der Waals surface area contributed by atoms with E-state index < -0.39 is 0 Å². The molecule has 1 amide bonds. The fraction of sp³-hybridized carbons (Fsp3) is 0.562. The molecule has 0 saturated carbocycles. The van der Waals surface area contributed by atoms with Crippen LogP contribution in [0.15, 0.2) is 24.3 Å². The number of primary amides is 1. The Morgan fingerprint density at radius 1 is 1.16 bits per heavy atom. The van der Waals surface area contributed by atoms with Crippen molar-refractivity contribution in [3.63, 3.8) is 0 Å². The molecule has 1 heterocycles. The van der Waals surface area contributed by atoms with Crippen LogP contribution >= 0.6 is 0 Å². The molecule has 1 aliphatic carbocycles. The zero-order valence-electron chi connectivity index (χ0n) is 11.3. The number of nitrogens with zero attached hydrogens (tertiary/aromatic N) is 1. The van der Waals surface area contributed by atoms with Crippen LogP contribution in [0.4, 0.5) is 0 Å². The quantitative estimate of drug-likeness (QED) is 0.884. The SMILES string of the molecule is NC(=O)C1CCN(C2CCCc3ccccc32)CC1. The summed E-state index contributed by atoms with van der Waals surface area (Å²) < 4.78 is 0. The lowest BCUT2D eigenvalue weighted by molar-refractivity contribution is -0.123. The van der Waals surface area contributed by atoms with Crippen LogP contribution in [0.3, 0.4) is 0 Å². The van der Waals surface area contributed by atoms with E-state index in [0.717, 1.165) is 25.9 Å². The maximum atomic E-state index is 11.2. The fourth-order valence-corrected chi connectivity index (χ4v) is 3.60. The number of nitrogens with two attached hydrogens (primary N) is 1. The van der Waals surface area contributed by atoms with E-state index in [-0.39, 0.29) is 11.8 Å². The van der Waals surface area contributed by atoms with E-state index in [2.05, 4.69) is 29.2 Å². The van der Waals surface area contributed by atoms with Crippen LogP contribution in [-0.4, -0.2) is 23.9 Å². The molecular weight excluding hydrogens is 236 g/mol. The number of amides is 1. The van der Waals surface area contributed by atoms with E-state index in [9.17, 15) is 4.79 Å². The number of carbonyl (C=O) groups is 1. The molecule has 1 saturated heterocycles. The number of benzene rings is 1. The molecule has 2 N–H and O–H groups in total. The van der Waals surface area contributed by atoms with Crippen molar-refractivity contribution in [1.82, 2.24) is 4.90 Å². The molecule has 0 aromatic heterocycles. The summed E-state index contributed by atoms with van der Waals surface area (Å²) >= 11 is 0. The van der Waals surface area contributed by atoms with Gasteiger partial charge in [-0.25, -0.2) is 0 Å². The molecule has 0 radical (unpaired) electrons. The number of likely N-dealkylation sites (tertiary alicyclic amines) is 1. The Hall–Kier alpha value is -1.35. The molecule has 1 aliphatic heterocycles. The van der Waals surface area contributed by atoms with E-state index in [0.29, 0.717) is 6.04 Å². The monoisotopic (exact) mass is 258 g/mol. The van der Waals surface area contributed by atoms with Crippen molar-refractivity contribution in [2.75, 3.05) is 13.1 Å². The van der Waals surface area contributed by atoms with Gasteiger partial charge >= 0.3 is 0 Å². The molecule has 3 rings (SSSR count). The van der Waals surface area contributed by atoms with Crippen molar-refractivity contribution in [2.45, 2.75) is 38.1 Å². The standard InChI is InChI=1S/C16H22N2O/c17-16(19)13-8-10-18(11-9-13)15-7-3-5-12-4-1-2-6-14(12)15/h1-2,4,6,13,15H,3,5,7-11H2,(H2,17,19). The zero-order chi connectivity index (χ0) is 13.2. The lowest BCUT2D eigenvalue weighted by atomic mass is 9.85. The highest BCUT2D eigenvalue weighted by atomic mass is 16.1. The smallest absolute Gasteiger partial charge is 0.220 e. The summed E-state index contributed by atoms with van der Waals surface area (Å²) in [7, 11) is 0. The summed E-state index contributed by atoms with van der Waals surface area (Å²) in [4.78, 5) is 13.8. The summed E-state index contributed by atoms with van der Waals surface area (Å²) in [5.41, 5.74) is 8.43. The average molecular weight is 258 g/mol. The second kappa shape index (κ2) is 5.33. The van der Waals surface area contributed by atoms with Crippen molar-refractivity contribution >= 4 is 5.91 Å². The minimum Gasteiger partial charge on any atom is -0.369 e. The van der Waals surface area contributed by atoms with E-state index in [4.69, 9.17) is 5.73 Å². The van der Waals surface area contributed by atoms with Gasteiger partial charge in [-0.05, 0) is 56.3 Å². The zero-order valence-corrected chi connectivity index (χ0v) is 11.3. The Labute approximate surface area is 114 Å². The number of fused-ring (bicyclic) bond motifs is 1. The van der Waals surface area contributed by atoms with Crippen molar-refractivity contribution < 1.29 is 4.79 Å². The number of piperidine rings is 1. The predicted octanol–water partition coefficient (Wildman–Crippen LogP) is 2.26. The van der Waals surface area contributed by atoms with Gasteiger partial charge in [0.15, 0.2) is 0 Å². The highest BCUT2D eigenvalue weighted by Crippen LogP contribution is 2.36. The molecule has 1 aromatic rings. The Balaban J connectivity index is 1.73. The van der Waals surface area contributed by atoms with Crippen molar-refractivity contribution in [1.29, 1.82) is 0 Å². The summed E-state index contributed by atoms with van der Waals surface area (Å²) in [6.07, 6.45) is 5.59. The van der Waals surface area contributed by atoms with Gasteiger partial charge in [-0.2, -0.15) is 0 Å². The van der Waals surface area contributed by atoms with Crippen molar-refractivity contribution in [3.05, 3.63) is 35.4 Å². The minimum absolute atomic E-state index is 0.0927. The molecule has 19 heavy (non-hydrogen) atoms. The Morgan fingerprint density at radius 2 is 1.89 bits per heavy atom. The Kier molecular flexibility index (Phi) is 3.56. The van der Waals surface area contributed by atoms with Gasteiger partial charge in [0.05, 0.1) is 0 Å². The third kappa shape index (κ3) is 2.52. The summed E-state index contributed by atoms with van der Waals surface area (Å²) in [5, 5.41) is 0. The van der Waals surface area contributed by atoms with Gasteiger partial charge in [0.2, 0.25) is 5.91 Å². The number of hydrogen-bond donors (Lipinski definition) is 1. The first-order valence-corrected chi connectivity index (χ1v) is 7.37. The topological polar surface area (TPSA) is 46.3 Å². The second-order valence-electron chi connectivity index (χ2n) is 5.82. The largest absolute Gasteiger partial charge is 0.369 e. The average Bonchev–Trinajstić information content (AvgIpc) is 2.47. The van der Waals surface area contributed by atoms with Gasteiger partial charge in [-0.15, -0.1) is 0 Å². The molecule has 1 fully saturated rings. The highest BCUT2D eigenvalue weighted by molar-refractivity contribution is 5.76. The maximum absolute atomic E-state index is 11.2. The van der Waals surface area contributed by atoms with Crippen LogP contribution in [-0.2, 0) is 11.2 Å². The van der Waals surface area contributed by atoms with Crippen LogP contribution < -0.4 is 5.73 Å². The molecule has 102 valence electrons. The van der Waals surface area contributed by atoms with Crippen molar-refractivity contribution in [2.24, 2.45) is 11.7 Å². The first-order valence-electron chi connectivity index (χ1n) is 7.37. The van der Waals surface area contributed by atoms with Gasteiger partial charge in [0.25, 0.3) is 0 Å². The van der Waals surface area contributed by atoms with E-state index >= 15 is 0 Å². The third-order valence-corrected chi connectivity index (χ3v) is 4.71. The molecule has 1 atom stereocenters. The van der Waals surface area contributed by atoms with E-state index in [1.807, 2.05) is 0 Å².